The van der Waals surface area contributed by atoms with E-state index in [0.29, 0.717) is 19.3 Å². The monoisotopic (exact) mass is 1110 g/mol. The molecule has 0 aromatic heterocycles. The molecule has 1 atom stereocenters. The van der Waals surface area contributed by atoms with Gasteiger partial charge in [-0.05, 0) is 83.5 Å². The van der Waals surface area contributed by atoms with E-state index in [1.165, 1.54) is 173 Å². The van der Waals surface area contributed by atoms with Gasteiger partial charge in [0.25, 0.3) is 0 Å². The van der Waals surface area contributed by atoms with E-state index in [1.807, 2.05) is 0 Å². The summed E-state index contributed by atoms with van der Waals surface area (Å²) in [5, 5.41) is 0. The quantitative estimate of drug-likeness (QED) is 0.0261. The molecule has 0 aliphatic carbocycles. The number of unbranched alkanes of at least 4 members (excludes halogenated alkanes) is 35. The maximum absolute atomic E-state index is 12.9. The van der Waals surface area contributed by atoms with Crippen molar-refractivity contribution < 1.29 is 28.6 Å². The highest BCUT2D eigenvalue weighted by atomic mass is 16.6. The molecule has 0 aromatic carbocycles. The van der Waals surface area contributed by atoms with Crippen LogP contribution in [0.15, 0.2) is 97.2 Å². The molecule has 1 unspecified atom stereocenters. The largest absolute Gasteiger partial charge is 0.462 e. The number of esters is 3. The van der Waals surface area contributed by atoms with Crippen LogP contribution in [0.25, 0.3) is 0 Å². The van der Waals surface area contributed by atoms with Gasteiger partial charge in [0.15, 0.2) is 6.10 Å². The van der Waals surface area contributed by atoms with Gasteiger partial charge in [-0.15, -0.1) is 0 Å². The first kappa shape index (κ1) is 76.3. The fourth-order valence-corrected chi connectivity index (χ4v) is 9.76. The fourth-order valence-electron chi connectivity index (χ4n) is 9.76. The number of ether oxygens (including phenoxy) is 3. The van der Waals surface area contributed by atoms with Gasteiger partial charge in [-0.25, -0.2) is 0 Å². The first-order valence-electron chi connectivity index (χ1n) is 34.2. The fraction of sp³-hybridized carbons (Fsp3) is 0.743. The lowest BCUT2D eigenvalue weighted by Gasteiger charge is -2.18. The normalized spacial score (nSPS) is 12.7. The summed E-state index contributed by atoms with van der Waals surface area (Å²) >= 11 is 0. The van der Waals surface area contributed by atoms with Gasteiger partial charge in [0.05, 0.1) is 0 Å². The Morgan fingerprint density at radius 3 is 0.762 bits per heavy atom. The van der Waals surface area contributed by atoms with Crippen molar-refractivity contribution in [3.05, 3.63) is 97.2 Å². The number of carbonyl (C=O) groups excluding carboxylic acids is 3. The van der Waals surface area contributed by atoms with Crippen molar-refractivity contribution in [3.63, 3.8) is 0 Å². The molecule has 0 amide bonds. The van der Waals surface area contributed by atoms with E-state index in [-0.39, 0.29) is 31.1 Å². The van der Waals surface area contributed by atoms with Crippen LogP contribution in [0.5, 0.6) is 0 Å². The van der Waals surface area contributed by atoms with E-state index in [0.717, 1.165) is 122 Å². The highest BCUT2D eigenvalue weighted by molar-refractivity contribution is 5.71. The van der Waals surface area contributed by atoms with E-state index in [4.69, 9.17) is 14.2 Å². The van der Waals surface area contributed by atoms with E-state index >= 15 is 0 Å². The van der Waals surface area contributed by atoms with E-state index in [1.54, 1.807) is 0 Å². The van der Waals surface area contributed by atoms with E-state index < -0.39 is 6.10 Å². The number of carbonyl (C=O) groups is 3. The van der Waals surface area contributed by atoms with Crippen LogP contribution < -0.4 is 0 Å². The average Bonchev–Trinajstić information content (AvgIpc) is 3.46. The maximum Gasteiger partial charge on any atom is 0.306 e. The minimum atomic E-state index is -0.781. The molecule has 6 nitrogen and oxygen atoms in total. The SMILES string of the molecule is CC/C=C\C/C=C\C/C=C\C/C=C\C/C=C\C/C=C\C/C=C\C/C=C\CCCCCCCCC(=O)OCC(COC(=O)CCCCCCCCCC)OC(=O)CCCCCCCCCCCCCCCCCCCCCCCCC. The predicted molar refractivity (Wildman–Crippen MR) is 348 cm³/mol. The summed E-state index contributed by atoms with van der Waals surface area (Å²) in [6, 6.07) is 0. The van der Waals surface area contributed by atoms with Gasteiger partial charge in [0.1, 0.15) is 13.2 Å². The molecule has 80 heavy (non-hydrogen) atoms. The average molecular weight is 1110 g/mol. The summed E-state index contributed by atoms with van der Waals surface area (Å²) in [6.45, 7) is 6.52. The maximum atomic E-state index is 12.9. The molecule has 0 fully saturated rings. The van der Waals surface area contributed by atoms with Crippen molar-refractivity contribution in [2.45, 2.75) is 341 Å². The highest BCUT2D eigenvalue weighted by Crippen LogP contribution is 2.17. The Kier molecular flexibility index (Phi) is 64.7. The van der Waals surface area contributed by atoms with Crippen molar-refractivity contribution in [3.8, 4) is 0 Å². The molecule has 0 bridgehead atoms. The van der Waals surface area contributed by atoms with Crippen molar-refractivity contribution in [2.75, 3.05) is 13.2 Å². The van der Waals surface area contributed by atoms with Crippen LogP contribution in [0.2, 0.25) is 0 Å². The molecule has 0 aromatic rings. The second-order valence-electron chi connectivity index (χ2n) is 22.7. The van der Waals surface area contributed by atoms with Crippen LogP contribution in [-0.2, 0) is 28.6 Å². The third-order valence-corrected chi connectivity index (χ3v) is 14.9. The zero-order chi connectivity index (χ0) is 57.8. The third-order valence-electron chi connectivity index (χ3n) is 14.9. The van der Waals surface area contributed by atoms with Crippen LogP contribution in [0.4, 0.5) is 0 Å². The standard InChI is InChI=1S/C74H128O6/c1-4-7-10-13-16-19-21-23-25-27-29-31-33-34-35-36-37-38-39-40-42-43-45-47-49-51-53-55-58-61-64-67-73(76)79-70-71(69-78-72(75)66-63-60-57-18-15-12-9-6-3)80-74(77)68-65-62-59-56-54-52-50-48-46-44-41-32-30-28-26-24-22-20-17-14-11-8-5-2/h7,10,16,19,23,25,29,31,34-35,37-38,40,42,45,47,71H,4-6,8-9,11-15,17-18,20-22,24,26-28,30,32-33,36,39,41,43-44,46,48-70H2,1-3H3/b10-7-,19-16-,25-23-,31-29-,35-34-,38-37-,42-40-,47-45-. The van der Waals surface area contributed by atoms with Crippen LogP contribution in [0, 0.1) is 0 Å². The molecule has 0 radical (unpaired) electrons. The van der Waals surface area contributed by atoms with Gasteiger partial charge in [-0.2, -0.15) is 0 Å². The van der Waals surface area contributed by atoms with E-state index in [2.05, 4.69) is 118 Å². The second-order valence-corrected chi connectivity index (χ2v) is 22.7. The Hall–Kier alpha value is -3.67. The van der Waals surface area contributed by atoms with Crippen LogP contribution >= 0.6 is 0 Å². The molecule has 6 heteroatoms. The Labute approximate surface area is 496 Å². The number of hydrogen-bond donors (Lipinski definition) is 0. The summed E-state index contributed by atoms with van der Waals surface area (Å²) < 4.78 is 16.9. The molecule has 0 aliphatic rings. The summed E-state index contributed by atoms with van der Waals surface area (Å²) in [5.41, 5.74) is 0. The Balaban J connectivity index is 4.18. The Morgan fingerprint density at radius 1 is 0.263 bits per heavy atom. The molecule has 460 valence electrons. The first-order chi connectivity index (χ1) is 39.5. The molecular weight excluding hydrogens is 985 g/mol. The Bertz CT molecular complexity index is 1560. The first-order valence-corrected chi connectivity index (χ1v) is 34.2. The molecule has 0 saturated heterocycles. The Morgan fingerprint density at radius 2 is 0.487 bits per heavy atom. The molecular formula is C74H128O6. The van der Waals surface area contributed by atoms with Gasteiger partial charge in [0.2, 0.25) is 0 Å². The second kappa shape index (κ2) is 67.8. The topological polar surface area (TPSA) is 78.9 Å². The van der Waals surface area contributed by atoms with Crippen molar-refractivity contribution in [1.29, 1.82) is 0 Å². The molecule has 0 N–H and O–H groups in total. The lowest BCUT2D eigenvalue weighted by Crippen LogP contribution is -2.30. The zero-order valence-electron chi connectivity index (χ0n) is 52.8. The van der Waals surface area contributed by atoms with Crippen molar-refractivity contribution in [1.82, 2.24) is 0 Å². The lowest BCUT2D eigenvalue weighted by atomic mass is 10.0. The number of hydrogen-bond acceptors (Lipinski definition) is 6. The summed E-state index contributed by atoms with van der Waals surface area (Å²) in [6.07, 6.45) is 91.6. The number of rotatable bonds is 62. The molecule has 0 saturated carbocycles. The van der Waals surface area contributed by atoms with E-state index in [9.17, 15) is 14.4 Å². The predicted octanol–water partition coefficient (Wildman–Crippen LogP) is 23.6. The van der Waals surface area contributed by atoms with Gasteiger partial charge in [0, 0.05) is 19.3 Å². The lowest BCUT2D eigenvalue weighted by molar-refractivity contribution is -0.167. The zero-order valence-corrected chi connectivity index (χ0v) is 52.8. The van der Waals surface area contributed by atoms with Crippen LogP contribution in [-0.4, -0.2) is 37.2 Å². The molecule has 0 heterocycles. The van der Waals surface area contributed by atoms with Gasteiger partial charge in [-0.3, -0.25) is 14.4 Å². The summed E-state index contributed by atoms with van der Waals surface area (Å²) in [4.78, 5) is 38.2. The van der Waals surface area contributed by atoms with Gasteiger partial charge in [-0.1, -0.05) is 330 Å². The van der Waals surface area contributed by atoms with Crippen molar-refractivity contribution >= 4 is 17.9 Å². The third kappa shape index (κ3) is 65.1. The molecule has 0 rings (SSSR count). The minimum absolute atomic E-state index is 0.0781. The van der Waals surface area contributed by atoms with Crippen LogP contribution in [0.3, 0.4) is 0 Å². The van der Waals surface area contributed by atoms with Gasteiger partial charge >= 0.3 is 17.9 Å². The van der Waals surface area contributed by atoms with Gasteiger partial charge < -0.3 is 14.2 Å². The molecule has 0 spiro atoms. The van der Waals surface area contributed by atoms with Crippen LogP contribution in [0.1, 0.15) is 335 Å². The summed E-state index contributed by atoms with van der Waals surface area (Å²) in [7, 11) is 0. The number of allylic oxidation sites excluding steroid dienone is 16. The van der Waals surface area contributed by atoms with Crippen molar-refractivity contribution in [2.24, 2.45) is 0 Å². The highest BCUT2D eigenvalue weighted by Gasteiger charge is 2.19. The minimum Gasteiger partial charge on any atom is -0.462 e. The summed E-state index contributed by atoms with van der Waals surface area (Å²) in [5.74, 6) is -0.883. The smallest absolute Gasteiger partial charge is 0.306 e. The molecule has 0 aliphatic heterocycles.